The van der Waals surface area contributed by atoms with Crippen LogP contribution in [0.3, 0.4) is 0 Å². The van der Waals surface area contributed by atoms with Gasteiger partial charge in [0.25, 0.3) is 0 Å². The van der Waals surface area contributed by atoms with Crippen molar-refractivity contribution in [1.29, 1.82) is 0 Å². The molecule has 0 bridgehead atoms. The molecule has 0 spiro atoms. The molecule has 2 rings (SSSR count). The minimum atomic E-state index is -0.295. The molecule has 1 fully saturated rings. The Hall–Kier alpha value is -0.870. The highest BCUT2D eigenvalue weighted by atomic mass is 79.9. The molecule has 1 atom stereocenters. The van der Waals surface area contributed by atoms with Gasteiger partial charge in [-0.3, -0.25) is 0 Å². The number of esters is 1. The molecule has 0 aliphatic carbocycles. The number of halogens is 1. The first-order valence-corrected chi connectivity index (χ1v) is 6.09. The Labute approximate surface area is 103 Å². The molecule has 0 aromatic heterocycles. The van der Waals surface area contributed by atoms with Crippen molar-refractivity contribution in [2.45, 2.75) is 18.9 Å². The van der Waals surface area contributed by atoms with Gasteiger partial charge in [-0.05, 0) is 31.0 Å². The third-order valence-electron chi connectivity index (χ3n) is 2.48. The fourth-order valence-electron chi connectivity index (χ4n) is 1.64. The number of carbonyl (C=O) groups excluding carboxylic acids is 1. The zero-order chi connectivity index (χ0) is 11.4. The zero-order valence-corrected chi connectivity index (χ0v) is 10.4. The fourth-order valence-corrected chi connectivity index (χ4v) is 2.04. The van der Waals surface area contributed by atoms with Crippen molar-refractivity contribution in [3.05, 3.63) is 34.3 Å². The van der Waals surface area contributed by atoms with Gasteiger partial charge in [0.05, 0.1) is 11.7 Å². The van der Waals surface area contributed by atoms with Crippen LogP contribution >= 0.6 is 15.9 Å². The van der Waals surface area contributed by atoms with Gasteiger partial charge < -0.3 is 9.47 Å². The maximum atomic E-state index is 11.7. The Morgan fingerprint density at radius 3 is 3.12 bits per heavy atom. The minimum Gasteiger partial charge on any atom is -0.459 e. The van der Waals surface area contributed by atoms with Gasteiger partial charge in [-0.25, -0.2) is 4.79 Å². The van der Waals surface area contributed by atoms with Gasteiger partial charge >= 0.3 is 5.97 Å². The number of ether oxygens (including phenoxy) is 2. The highest BCUT2D eigenvalue weighted by molar-refractivity contribution is 9.10. The van der Waals surface area contributed by atoms with Crippen molar-refractivity contribution in [3.63, 3.8) is 0 Å². The van der Waals surface area contributed by atoms with E-state index in [1.165, 1.54) is 0 Å². The average molecular weight is 285 g/mol. The molecule has 1 aliphatic heterocycles. The zero-order valence-electron chi connectivity index (χ0n) is 8.82. The minimum absolute atomic E-state index is 0.0797. The van der Waals surface area contributed by atoms with Crippen molar-refractivity contribution < 1.29 is 14.3 Å². The van der Waals surface area contributed by atoms with E-state index < -0.39 is 0 Å². The lowest BCUT2D eigenvalue weighted by molar-refractivity contribution is 0.0161. The Bertz CT molecular complexity index is 372. The molecule has 86 valence electrons. The standard InChI is InChI=1S/C12H13BrO3/c13-10-4-1-3-9(7-10)12(14)16-8-11-5-2-6-15-11/h1,3-4,7,11H,2,5-6,8H2/t11-/m0/s1. The van der Waals surface area contributed by atoms with E-state index in [1.807, 2.05) is 12.1 Å². The van der Waals surface area contributed by atoms with Crippen molar-refractivity contribution in [2.24, 2.45) is 0 Å². The fraction of sp³-hybridized carbons (Fsp3) is 0.417. The van der Waals surface area contributed by atoms with Crippen LogP contribution in [0.1, 0.15) is 23.2 Å². The lowest BCUT2D eigenvalue weighted by atomic mass is 10.2. The first-order valence-electron chi connectivity index (χ1n) is 5.30. The molecule has 0 radical (unpaired) electrons. The molecular formula is C12H13BrO3. The Morgan fingerprint density at radius 1 is 1.56 bits per heavy atom. The van der Waals surface area contributed by atoms with E-state index in [1.54, 1.807) is 12.1 Å². The average Bonchev–Trinajstić information content (AvgIpc) is 2.78. The van der Waals surface area contributed by atoms with E-state index in [0.29, 0.717) is 12.2 Å². The molecule has 0 amide bonds. The van der Waals surface area contributed by atoms with E-state index in [2.05, 4.69) is 15.9 Å². The van der Waals surface area contributed by atoms with Gasteiger partial charge in [-0.1, -0.05) is 22.0 Å². The van der Waals surface area contributed by atoms with Gasteiger partial charge in [0.1, 0.15) is 6.61 Å². The van der Waals surface area contributed by atoms with Crippen LogP contribution in [0.25, 0.3) is 0 Å². The summed E-state index contributed by atoms with van der Waals surface area (Å²) in [7, 11) is 0. The number of benzene rings is 1. The quantitative estimate of drug-likeness (QED) is 0.801. The largest absolute Gasteiger partial charge is 0.459 e. The maximum Gasteiger partial charge on any atom is 0.338 e. The van der Waals surface area contributed by atoms with Crippen LogP contribution in [0.4, 0.5) is 0 Å². The summed E-state index contributed by atoms with van der Waals surface area (Å²) in [6.07, 6.45) is 2.11. The first-order chi connectivity index (χ1) is 7.75. The SMILES string of the molecule is O=C(OC[C@@H]1CCCO1)c1cccc(Br)c1. The highest BCUT2D eigenvalue weighted by Gasteiger charge is 2.18. The third kappa shape index (κ3) is 3.06. The molecular weight excluding hydrogens is 272 g/mol. The normalized spacial score (nSPS) is 19.7. The summed E-state index contributed by atoms with van der Waals surface area (Å²) >= 11 is 3.32. The van der Waals surface area contributed by atoms with Crippen LogP contribution in [-0.4, -0.2) is 25.3 Å². The van der Waals surface area contributed by atoms with Crippen LogP contribution in [0.15, 0.2) is 28.7 Å². The molecule has 16 heavy (non-hydrogen) atoms. The van der Waals surface area contributed by atoms with Gasteiger partial charge in [-0.2, -0.15) is 0 Å². The van der Waals surface area contributed by atoms with Crippen LogP contribution < -0.4 is 0 Å². The predicted octanol–water partition coefficient (Wildman–Crippen LogP) is 2.78. The number of hydrogen-bond acceptors (Lipinski definition) is 3. The Balaban J connectivity index is 1.87. The van der Waals surface area contributed by atoms with Gasteiger partial charge in [0, 0.05) is 11.1 Å². The molecule has 1 aromatic rings. The summed E-state index contributed by atoms with van der Waals surface area (Å²) in [6.45, 7) is 1.13. The summed E-state index contributed by atoms with van der Waals surface area (Å²) in [6, 6.07) is 7.17. The first kappa shape index (κ1) is 11.6. The topological polar surface area (TPSA) is 35.5 Å². The summed E-state index contributed by atoms with van der Waals surface area (Å²) in [5, 5.41) is 0. The summed E-state index contributed by atoms with van der Waals surface area (Å²) in [5.74, 6) is -0.295. The van der Waals surface area contributed by atoms with Crippen molar-refractivity contribution in [3.8, 4) is 0 Å². The monoisotopic (exact) mass is 284 g/mol. The van der Waals surface area contributed by atoms with E-state index >= 15 is 0 Å². The predicted molar refractivity (Wildman–Crippen MR) is 63.4 cm³/mol. The lowest BCUT2D eigenvalue weighted by Crippen LogP contribution is -2.17. The van der Waals surface area contributed by atoms with Gasteiger partial charge in [0.2, 0.25) is 0 Å². The maximum absolute atomic E-state index is 11.7. The molecule has 3 nitrogen and oxygen atoms in total. The smallest absolute Gasteiger partial charge is 0.338 e. The van der Waals surface area contributed by atoms with Crippen LogP contribution in [0, 0.1) is 0 Å². The lowest BCUT2D eigenvalue weighted by Gasteiger charge is -2.10. The van der Waals surface area contributed by atoms with Crippen molar-refractivity contribution in [1.82, 2.24) is 0 Å². The second kappa shape index (κ2) is 5.46. The molecule has 1 aliphatic rings. The number of carbonyl (C=O) groups is 1. The van der Waals surface area contributed by atoms with E-state index in [0.717, 1.165) is 23.9 Å². The molecule has 0 saturated carbocycles. The van der Waals surface area contributed by atoms with Crippen molar-refractivity contribution in [2.75, 3.05) is 13.2 Å². The molecule has 1 saturated heterocycles. The Kier molecular flexibility index (Phi) is 3.96. The summed E-state index contributed by atoms with van der Waals surface area (Å²) < 4.78 is 11.4. The second-order valence-corrected chi connectivity index (χ2v) is 4.66. The Morgan fingerprint density at radius 2 is 2.44 bits per heavy atom. The molecule has 1 heterocycles. The van der Waals surface area contributed by atoms with Crippen LogP contribution in [0.2, 0.25) is 0 Å². The number of hydrogen-bond donors (Lipinski definition) is 0. The number of rotatable bonds is 3. The van der Waals surface area contributed by atoms with Crippen LogP contribution in [-0.2, 0) is 9.47 Å². The van der Waals surface area contributed by atoms with Crippen molar-refractivity contribution >= 4 is 21.9 Å². The van der Waals surface area contributed by atoms with E-state index in [9.17, 15) is 4.79 Å². The van der Waals surface area contributed by atoms with Gasteiger partial charge in [0.15, 0.2) is 0 Å². The van der Waals surface area contributed by atoms with E-state index in [-0.39, 0.29) is 12.1 Å². The summed E-state index contributed by atoms with van der Waals surface area (Å²) in [4.78, 5) is 11.7. The van der Waals surface area contributed by atoms with Gasteiger partial charge in [-0.15, -0.1) is 0 Å². The highest BCUT2D eigenvalue weighted by Crippen LogP contribution is 2.15. The molecule has 0 N–H and O–H groups in total. The second-order valence-electron chi connectivity index (χ2n) is 3.74. The summed E-state index contributed by atoms with van der Waals surface area (Å²) in [5.41, 5.74) is 0.562. The van der Waals surface area contributed by atoms with E-state index in [4.69, 9.17) is 9.47 Å². The molecule has 4 heteroatoms. The third-order valence-corrected chi connectivity index (χ3v) is 2.98. The van der Waals surface area contributed by atoms with Crippen LogP contribution in [0.5, 0.6) is 0 Å². The molecule has 0 unspecified atom stereocenters. The molecule has 1 aromatic carbocycles.